The first kappa shape index (κ1) is 42.9. The van der Waals surface area contributed by atoms with E-state index in [1.165, 1.54) is 12.8 Å². The van der Waals surface area contributed by atoms with E-state index in [0.29, 0.717) is 36.5 Å². The number of carboxylic acids is 4. The molecular formula is C28H58N2O8. The number of hydrogen-bond donors (Lipinski definition) is 4. The second-order valence-electron chi connectivity index (χ2n) is 13.7. The topological polar surface area (TPSA) is 210 Å². The summed E-state index contributed by atoms with van der Waals surface area (Å²) in [7, 11) is 0. The van der Waals surface area contributed by atoms with Crippen LogP contribution in [0.2, 0.25) is 0 Å². The van der Waals surface area contributed by atoms with Crippen molar-refractivity contribution in [1.82, 2.24) is 0 Å². The third-order valence-corrected chi connectivity index (χ3v) is 4.06. The smallest absolute Gasteiger partial charge is 0.303 e. The maximum Gasteiger partial charge on any atom is 0.303 e. The van der Waals surface area contributed by atoms with Crippen LogP contribution in [0.15, 0.2) is 0 Å². The molecule has 0 aromatic rings. The van der Waals surface area contributed by atoms with Gasteiger partial charge in [-0.25, -0.2) is 0 Å². The summed E-state index contributed by atoms with van der Waals surface area (Å²) in [6.45, 7) is 22.2. The van der Waals surface area contributed by atoms with Crippen molar-refractivity contribution in [3.8, 4) is 0 Å². The molecule has 228 valence electrons. The van der Waals surface area contributed by atoms with Crippen LogP contribution in [0.1, 0.15) is 133 Å². The summed E-state index contributed by atoms with van der Waals surface area (Å²) in [5, 5.41) is 35.8. The Labute approximate surface area is 230 Å². The predicted octanol–water partition coefficient (Wildman–Crippen LogP) is 1.65. The van der Waals surface area contributed by atoms with Crippen LogP contribution >= 0.6 is 0 Å². The number of carbonyl (C=O) groups is 4. The Bertz CT molecular complexity index is 550. The molecule has 0 aromatic carbocycles. The van der Waals surface area contributed by atoms with Crippen molar-refractivity contribution < 1.29 is 51.1 Å². The number of rotatable bonds is 12. The molecule has 0 heterocycles. The van der Waals surface area contributed by atoms with Gasteiger partial charge in [-0.2, -0.15) is 0 Å². The second kappa shape index (κ2) is 20.7. The Balaban J connectivity index is -0.000000203. The Morgan fingerprint density at radius 3 is 0.842 bits per heavy atom. The molecule has 0 amide bonds. The normalized spacial score (nSPS) is 11.5. The molecule has 38 heavy (non-hydrogen) atoms. The van der Waals surface area contributed by atoms with E-state index in [2.05, 4.69) is 80.7 Å². The highest BCUT2D eigenvalue weighted by molar-refractivity contribution is 5.68. The minimum Gasteiger partial charge on any atom is -0.550 e. The first-order chi connectivity index (χ1) is 16.7. The van der Waals surface area contributed by atoms with E-state index < -0.39 is 23.9 Å². The van der Waals surface area contributed by atoms with Crippen LogP contribution in [0, 0.1) is 10.8 Å². The fourth-order valence-electron chi connectivity index (χ4n) is 3.96. The van der Waals surface area contributed by atoms with Gasteiger partial charge in [0, 0.05) is 37.6 Å². The summed E-state index contributed by atoms with van der Waals surface area (Å²) in [6.07, 6.45) is 3.91. The van der Waals surface area contributed by atoms with Gasteiger partial charge < -0.3 is 41.5 Å². The van der Waals surface area contributed by atoms with Gasteiger partial charge in [0.25, 0.3) is 0 Å². The zero-order chi connectivity index (χ0) is 31.4. The highest BCUT2D eigenvalue weighted by Crippen LogP contribution is 2.24. The summed E-state index contributed by atoms with van der Waals surface area (Å²) >= 11 is 0. The number of hydrogen-bond acceptors (Lipinski definition) is 6. The Hall–Kier alpha value is -2.20. The van der Waals surface area contributed by atoms with Gasteiger partial charge in [0.15, 0.2) is 0 Å². The van der Waals surface area contributed by atoms with Crippen LogP contribution in [-0.2, 0) is 19.2 Å². The standard InChI is InChI=1S/2C8H19N.2C6H10O4/c2*1-7(2,3)6-8(4,5)9;2*7-5(8)3-1-2-4-6(9)10/h2*6,9H2,1-5H3;2*1-4H2,(H,7,8)(H,9,10). The summed E-state index contributed by atoms with van der Waals surface area (Å²) < 4.78 is 0. The SMILES string of the molecule is CC(C)(C)CC(C)(C)[NH3+].CC(C)(C)CC(C)(C)[NH3+].O=C(O)CCCCC(=O)O.O=C([O-])CCCCC(=O)[O-]. The molecule has 0 fully saturated rings. The summed E-state index contributed by atoms with van der Waals surface area (Å²) in [4.78, 5) is 39.3. The zero-order valence-electron chi connectivity index (χ0n) is 25.8. The monoisotopic (exact) mass is 550 g/mol. The largest absolute Gasteiger partial charge is 0.550 e. The number of carboxylic acid groups (broad SMARTS) is 4. The predicted molar refractivity (Wildman–Crippen MR) is 144 cm³/mol. The zero-order valence-corrected chi connectivity index (χ0v) is 25.8. The van der Waals surface area contributed by atoms with E-state index in [4.69, 9.17) is 10.2 Å². The first-order valence-corrected chi connectivity index (χ1v) is 13.2. The molecule has 0 saturated carbocycles. The van der Waals surface area contributed by atoms with Crippen LogP contribution in [0.5, 0.6) is 0 Å². The molecule has 0 unspecified atom stereocenters. The molecule has 8 N–H and O–H groups in total. The van der Waals surface area contributed by atoms with E-state index in [1.54, 1.807) is 0 Å². The van der Waals surface area contributed by atoms with Crippen molar-refractivity contribution in [1.29, 1.82) is 0 Å². The van der Waals surface area contributed by atoms with E-state index in [-0.39, 0.29) is 36.8 Å². The molecule has 0 aliphatic heterocycles. The molecule has 0 aromatic heterocycles. The highest BCUT2D eigenvalue weighted by atomic mass is 16.4. The molecule has 0 bridgehead atoms. The fourth-order valence-corrected chi connectivity index (χ4v) is 3.96. The lowest BCUT2D eigenvalue weighted by molar-refractivity contribution is -0.471. The summed E-state index contributed by atoms with van der Waals surface area (Å²) in [5.41, 5.74) is 9.42. The number of aliphatic carboxylic acids is 4. The molecule has 10 nitrogen and oxygen atoms in total. The molecule has 0 aliphatic carbocycles. The van der Waals surface area contributed by atoms with Crippen molar-refractivity contribution >= 4 is 23.9 Å². The number of unbranched alkanes of at least 4 members (excludes halogenated alkanes) is 2. The minimum absolute atomic E-state index is 0.0628. The van der Waals surface area contributed by atoms with Crippen LogP contribution in [0.25, 0.3) is 0 Å². The lowest BCUT2D eigenvalue weighted by Gasteiger charge is -2.25. The Kier molecular flexibility index (Phi) is 23.4. The quantitative estimate of drug-likeness (QED) is 0.262. The van der Waals surface area contributed by atoms with Crippen molar-refractivity contribution in [3.63, 3.8) is 0 Å². The maximum atomic E-state index is 9.90. The van der Waals surface area contributed by atoms with Gasteiger partial charge in [-0.15, -0.1) is 0 Å². The molecular weight excluding hydrogens is 492 g/mol. The molecule has 0 rings (SSSR count). The van der Waals surface area contributed by atoms with Gasteiger partial charge in [-0.1, -0.05) is 41.5 Å². The molecule has 0 saturated heterocycles. The molecule has 0 spiro atoms. The van der Waals surface area contributed by atoms with Crippen molar-refractivity contribution in [3.05, 3.63) is 0 Å². The van der Waals surface area contributed by atoms with E-state index >= 15 is 0 Å². The number of quaternary nitrogens is 2. The highest BCUT2D eigenvalue weighted by Gasteiger charge is 2.24. The Morgan fingerprint density at radius 2 is 0.737 bits per heavy atom. The summed E-state index contributed by atoms with van der Waals surface area (Å²) in [6, 6.07) is 0. The lowest BCUT2D eigenvalue weighted by atomic mass is 9.82. The van der Waals surface area contributed by atoms with Gasteiger partial charge in [0.05, 0.1) is 11.1 Å². The minimum atomic E-state index is -1.14. The lowest BCUT2D eigenvalue weighted by Crippen LogP contribution is -2.70. The van der Waals surface area contributed by atoms with Crippen LogP contribution in [0.4, 0.5) is 0 Å². The first-order valence-electron chi connectivity index (χ1n) is 13.2. The van der Waals surface area contributed by atoms with Gasteiger partial charge in [-0.05, 0) is 77.0 Å². The average molecular weight is 551 g/mol. The molecule has 10 heteroatoms. The fraction of sp³-hybridized carbons (Fsp3) is 0.857. The summed E-state index contributed by atoms with van der Waals surface area (Å²) in [5.74, 6) is -4.02. The van der Waals surface area contributed by atoms with Crippen LogP contribution < -0.4 is 21.7 Å². The van der Waals surface area contributed by atoms with Crippen LogP contribution in [-0.4, -0.2) is 45.2 Å². The third kappa shape index (κ3) is 64.2. The molecule has 0 aliphatic rings. The molecule has 0 radical (unpaired) electrons. The van der Waals surface area contributed by atoms with Gasteiger partial charge in [-0.3, -0.25) is 9.59 Å². The van der Waals surface area contributed by atoms with E-state index in [0.717, 1.165) is 0 Å². The van der Waals surface area contributed by atoms with E-state index in [1.807, 2.05) is 0 Å². The number of carbonyl (C=O) groups excluding carboxylic acids is 2. The Morgan fingerprint density at radius 1 is 0.526 bits per heavy atom. The maximum absolute atomic E-state index is 9.90. The molecule has 0 atom stereocenters. The van der Waals surface area contributed by atoms with Gasteiger partial charge in [0.2, 0.25) is 0 Å². The van der Waals surface area contributed by atoms with Gasteiger partial charge >= 0.3 is 11.9 Å². The van der Waals surface area contributed by atoms with Crippen molar-refractivity contribution in [2.45, 2.75) is 145 Å². The third-order valence-electron chi connectivity index (χ3n) is 4.06. The van der Waals surface area contributed by atoms with E-state index in [9.17, 15) is 29.4 Å². The van der Waals surface area contributed by atoms with Gasteiger partial charge in [0.1, 0.15) is 0 Å². The second-order valence-corrected chi connectivity index (χ2v) is 13.7. The van der Waals surface area contributed by atoms with Crippen molar-refractivity contribution in [2.24, 2.45) is 10.8 Å². The van der Waals surface area contributed by atoms with Crippen LogP contribution in [0.3, 0.4) is 0 Å². The average Bonchev–Trinajstić information content (AvgIpc) is 2.57. The van der Waals surface area contributed by atoms with Crippen molar-refractivity contribution in [2.75, 3.05) is 0 Å².